The number of hydrogen-bond acceptors (Lipinski definition) is 13. The maximum Gasteiger partial charge on any atom is 0.335 e. The van der Waals surface area contributed by atoms with Crippen LogP contribution >= 0.6 is 0 Å². The van der Waals surface area contributed by atoms with Crippen LogP contribution in [0.15, 0.2) is 30.4 Å². The van der Waals surface area contributed by atoms with Crippen LogP contribution in [0, 0.1) is 11.3 Å². The van der Waals surface area contributed by atoms with Gasteiger partial charge in [-0.05, 0) is 44.4 Å². The van der Waals surface area contributed by atoms with E-state index in [1.54, 1.807) is 27.7 Å². The van der Waals surface area contributed by atoms with Crippen molar-refractivity contribution in [3.8, 4) is 5.75 Å². The van der Waals surface area contributed by atoms with Crippen molar-refractivity contribution in [2.45, 2.75) is 104 Å². The van der Waals surface area contributed by atoms with Gasteiger partial charge < -0.3 is 50.0 Å². The molecule has 0 aromatic heterocycles. The van der Waals surface area contributed by atoms with Gasteiger partial charge in [0, 0.05) is 43.7 Å². The first-order chi connectivity index (χ1) is 24.2. The van der Waals surface area contributed by atoms with E-state index in [4.69, 9.17) is 18.9 Å². The van der Waals surface area contributed by atoms with Crippen molar-refractivity contribution in [1.29, 1.82) is 0 Å². The van der Waals surface area contributed by atoms with Crippen LogP contribution in [-0.2, 0) is 49.6 Å². The number of ether oxygens (including phenoxy) is 4. The van der Waals surface area contributed by atoms with Crippen molar-refractivity contribution >= 4 is 41.3 Å². The van der Waals surface area contributed by atoms with Crippen LogP contribution in [0.4, 0.5) is 5.69 Å². The minimum absolute atomic E-state index is 0.0209. The number of carbonyl (C=O) groups is 6. The number of nitrogens with zero attached hydrogens (tertiary/aromatic N) is 1. The average Bonchev–Trinajstić information content (AvgIpc) is 3.39. The number of aliphatic hydroxyl groups excluding tert-OH is 3. The van der Waals surface area contributed by atoms with Crippen LogP contribution in [0.2, 0.25) is 0 Å². The van der Waals surface area contributed by atoms with Crippen molar-refractivity contribution in [3.63, 3.8) is 0 Å². The van der Waals surface area contributed by atoms with Crippen LogP contribution < -0.4 is 15.4 Å². The molecule has 2 aliphatic rings. The molecule has 5 atom stereocenters. The molecule has 288 valence electrons. The highest BCUT2D eigenvalue weighted by molar-refractivity contribution is 6.12. The molecule has 1 fully saturated rings. The molecule has 3 rings (SSSR count). The van der Waals surface area contributed by atoms with E-state index in [9.17, 15) is 49.2 Å². The summed E-state index contributed by atoms with van der Waals surface area (Å²) < 4.78 is 22.1. The Kier molecular flexibility index (Phi) is 14.4. The van der Waals surface area contributed by atoms with Crippen molar-refractivity contribution < 1.29 is 68.1 Å². The van der Waals surface area contributed by atoms with Crippen molar-refractivity contribution in [1.82, 2.24) is 10.2 Å². The number of hydrogen-bond donors (Lipinski definition) is 6. The maximum atomic E-state index is 13.0. The Morgan fingerprint density at radius 1 is 0.962 bits per heavy atom. The van der Waals surface area contributed by atoms with Crippen molar-refractivity contribution in [2.75, 3.05) is 25.0 Å². The van der Waals surface area contributed by atoms with Crippen LogP contribution in [0.3, 0.4) is 0 Å². The van der Waals surface area contributed by atoms with Crippen LogP contribution in [-0.4, -0.2) is 117 Å². The van der Waals surface area contributed by atoms with E-state index in [2.05, 4.69) is 10.6 Å². The molecule has 17 nitrogen and oxygen atoms in total. The second-order valence-corrected chi connectivity index (χ2v) is 14.2. The fourth-order valence-corrected chi connectivity index (χ4v) is 5.01. The smallest absolute Gasteiger partial charge is 0.335 e. The van der Waals surface area contributed by atoms with Crippen molar-refractivity contribution in [3.05, 3.63) is 35.9 Å². The largest absolute Gasteiger partial charge is 0.479 e. The topological polar surface area (TPSA) is 248 Å². The number of rotatable bonds is 18. The highest BCUT2D eigenvalue weighted by Crippen LogP contribution is 2.31. The second-order valence-electron chi connectivity index (χ2n) is 14.2. The number of carbonyl (C=O) groups excluding carboxylic acids is 5. The Bertz CT molecular complexity index is 1510. The minimum atomic E-state index is -1.94. The summed E-state index contributed by atoms with van der Waals surface area (Å²) in [6, 6.07) is 4.28. The third-order valence-electron chi connectivity index (χ3n) is 8.54. The lowest BCUT2D eigenvalue weighted by molar-refractivity contribution is -0.271. The van der Waals surface area contributed by atoms with E-state index in [-0.39, 0.29) is 67.8 Å². The first-order valence-electron chi connectivity index (χ1n) is 16.9. The number of imide groups is 1. The van der Waals surface area contributed by atoms with Gasteiger partial charge in [0.15, 0.2) is 6.10 Å². The number of aliphatic carboxylic acids is 1. The highest BCUT2D eigenvalue weighted by Gasteiger charge is 2.48. The second kappa shape index (κ2) is 17.9. The summed E-state index contributed by atoms with van der Waals surface area (Å²) in [5.41, 5.74) is -1.10. The first kappa shape index (κ1) is 42.0. The molecule has 1 aromatic rings. The molecule has 1 saturated heterocycles. The number of benzene rings is 1. The Balaban J connectivity index is 1.58. The molecule has 52 heavy (non-hydrogen) atoms. The summed E-state index contributed by atoms with van der Waals surface area (Å²) >= 11 is 0. The van der Waals surface area contributed by atoms with E-state index in [0.29, 0.717) is 18.4 Å². The fourth-order valence-electron chi connectivity index (χ4n) is 5.01. The third kappa shape index (κ3) is 11.5. The van der Waals surface area contributed by atoms with E-state index in [1.165, 1.54) is 30.4 Å². The molecule has 0 aliphatic carbocycles. The average molecular weight is 736 g/mol. The molecule has 2 aliphatic heterocycles. The number of carboxylic acid groups (broad SMARTS) is 1. The lowest BCUT2D eigenvalue weighted by atomic mass is 9.88. The van der Waals surface area contributed by atoms with Crippen LogP contribution in [0.1, 0.15) is 66.4 Å². The van der Waals surface area contributed by atoms with Crippen LogP contribution in [0.5, 0.6) is 5.75 Å². The minimum Gasteiger partial charge on any atom is -0.479 e. The zero-order valence-corrected chi connectivity index (χ0v) is 30.1. The number of aliphatic hydroxyl groups is 3. The molecular weight excluding hydrogens is 686 g/mol. The lowest BCUT2D eigenvalue weighted by Gasteiger charge is -2.38. The Morgan fingerprint density at radius 2 is 1.62 bits per heavy atom. The van der Waals surface area contributed by atoms with E-state index >= 15 is 0 Å². The van der Waals surface area contributed by atoms with E-state index < -0.39 is 59.6 Å². The Hall–Kier alpha value is -4.42. The highest BCUT2D eigenvalue weighted by atomic mass is 16.7. The molecule has 6 N–H and O–H groups in total. The summed E-state index contributed by atoms with van der Waals surface area (Å²) in [6.45, 7) is 10.6. The summed E-state index contributed by atoms with van der Waals surface area (Å²) in [5.74, 6) is -4.21. The molecule has 4 amide bonds. The molecular formula is C35H49N3O14. The van der Waals surface area contributed by atoms with Gasteiger partial charge in [-0.3, -0.25) is 28.9 Å². The van der Waals surface area contributed by atoms with Gasteiger partial charge in [0.25, 0.3) is 11.8 Å². The number of anilines is 1. The molecule has 0 saturated carbocycles. The maximum absolute atomic E-state index is 13.0. The zero-order valence-electron chi connectivity index (χ0n) is 30.1. The predicted octanol–water partition coefficient (Wildman–Crippen LogP) is 0.628. The monoisotopic (exact) mass is 735 g/mol. The summed E-state index contributed by atoms with van der Waals surface area (Å²) in [5, 5.41) is 45.4. The number of amides is 4. The van der Waals surface area contributed by atoms with Gasteiger partial charge in [-0.2, -0.15) is 0 Å². The molecule has 0 spiro atoms. The number of nitrogens with one attached hydrogen (secondary N) is 2. The molecule has 2 heterocycles. The molecule has 0 unspecified atom stereocenters. The summed E-state index contributed by atoms with van der Waals surface area (Å²) in [7, 11) is 0. The van der Waals surface area contributed by atoms with Gasteiger partial charge in [0.2, 0.25) is 18.1 Å². The van der Waals surface area contributed by atoms with Gasteiger partial charge in [-0.25, -0.2) is 4.79 Å². The summed E-state index contributed by atoms with van der Waals surface area (Å²) in [4.78, 5) is 74.3. The van der Waals surface area contributed by atoms with Crippen molar-refractivity contribution in [2.24, 2.45) is 11.3 Å². The van der Waals surface area contributed by atoms with Gasteiger partial charge in [0.05, 0.1) is 17.2 Å². The van der Waals surface area contributed by atoms with Gasteiger partial charge >= 0.3 is 11.9 Å². The van der Waals surface area contributed by atoms with Crippen LogP contribution in [0.25, 0.3) is 0 Å². The SMILES string of the molecule is CC(C)C(=O)OCc1ccc(O[C@@H]2O[C@H](C(=O)O)[C@@H](O)[C@H](O)[C@H]2O)c(NC(=O)CCNC(=O)C(C)(C)CCOC(C)(C)CCN2C(=O)C=CC2=O)c1. The standard InChI is InChI=1S/C35H49N3O14/c1-19(2)31(47)49-18-20-7-8-22(51-32-28(44)26(42)27(43)29(52-32)30(45)46)21(17-20)37-23(39)11-14-36-33(48)34(3,4)13-16-50-35(5,6)12-15-38-24(40)9-10-25(38)41/h7-10,17,19,26-29,32,42-44H,11-16,18H2,1-6H3,(H,36,48)(H,37,39)(H,45,46)/t26-,27-,28+,29-,32+/m0/s1. The summed E-state index contributed by atoms with van der Waals surface area (Å²) in [6.07, 6.45) is -6.41. The zero-order chi connectivity index (χ0) is 39.0. The van der Waals surface area contributed by atoms with Gasteiger partial charge in [-0.1, -0.05) is 33.8 Å². The molecule has 17 heteroatoms. The first-order valence-corrected chi connectivity index (χ1v) is 16.9. The quantitative estimate of drug-likeness (QED) is 0.0895. The van der Waals surface area contributed by atoms with Gasteiger partial charge in [-0.15, -0.1) is 0 Å². The lowest BCUT2D eigenvalue weighted by Crippen LogP contribution is -2.61. The third-order valence-corrected chi connectivity index (χ3v) is 8.54. The van der Waals surface area contributed by atoms with Gasteiger partial charge in [0.1, 0.15) is 30.7 Å². The molecule has 0 radical (unpaired) electrons. The Labute approximate surface area is 301 Å². The van der Waals surface area contributed by atoms with E-state index in [1.807, 2.05) is 13.8 Å². The molecule has 0 bridgehead atoms. The van der Waals surface area contributed by atoms with E-state index in [0.717, 1.165) is 4.90 Å². The molecule has 1 aromatic carbocycles. The predicted molar refractivity (Wildman–Crippen MR) is 181 cm³/mol. The number of esters is 1. The Morgan fingerprint density at radius 3 is 2.23 bits per heavy atom. The number of carboxylic acids is 1. The normalized spacial score (nSPS) is 22.0. The fraction of sp³-hybridized carbons (Fsp3) is 0.600.